The van der Waals surface area contributed by atoms with E-state index in [0.717, 1.165) is 6.54 Å². The monoisotopic (exact) mass is 355 g/mol. The Morgan fingerprint density at radius 3 is 1.77 bits per heavy atom. The molecule has 0 aliphatic heterocycles. The minimum Gasteiger partial charge on any atom is -0.372 e. The average Bonchev–Trinajstić information content (AvgIpc) is 2.65. The standard InChI is InChI=1S/C22H30N2O2/c1-21(2,3)24(5)17-16-23(4)20(25)22(26,18-12-8-6-9-13-18)19-14-10-7-11-15-19/h6-15,26H,16-17H2,1-5H3/p+1. The molecule has 4 heteroatoms. The van der Waals surface area contributed by atoms with Gasteiger partial charge in [-0.3, -0.25) is 4.79 Å². The first-order valence-electron chi connectivity index (χ1n) is 9.09. The molecule has 0 fully saturated rings. The molecule has 1 atom stereocenters. The third kappa shape index (κ3) is 4.32. The van der Waals surface area contributed by atoms with Crippen molar-refractivity contribution in [2.24, 2.45) is 0 Å². The van der Waals surface area contributed by atoms with Gasteiger partial charge < -0.3 is 14.9 Å². The van der Waals surface area contributed by atoms with E-state index in [1.54, 1.807) is 36.2 Å². The minimum absolute atomic E-state index is 0.110. The topological polar surface area (TPSA) is 45.0 Å². The Balaban J connectivity index is 2.30. The largest absolute Gasteiger partial charge is 0.372 e. The van der Waals surface area contributed by atoms with Crippen LogP contribution < -0.4 is 4.90 Å². The van der Waals surface area contributed by atoms with Crippen LogP contribution in [0.3, 0.4) is 0 Å². The number of hydrogen-bond acceptors (Lipinski definition) is 2. The maximum absolute atomic E-state index is 13.3. The molecule has 0 radical (unpaired) electrons. The van der Waals surface area contributed by atoms with Crippen LogP contribution in [0.25, 0.3) is 0 Å². The lowest BCUT2D eigenvalue weighted by molar-refractivity contribution is -0.927. The van der Waals surface area contributed by atoms with Crippen LogP contribution in [-0.2, 0) is 10.4 Å². The van der Waals surface area contributed by atoms with Gasteiger partial charge in [-0.2, -0.15) is 0 Å². The van der Waals surface area contributed by atoms with Gasteiger partial charge in [0.2, 0.25) is 0 Å². The molecule has 4 nitrogen and oxygen atoms in total. The fourth-order valence-electron chi connectivity index (χ4n) is 2.86. The quantitative estimate of drug-likeness (QED) is 0.828. The van der Waals surface area contributed by atoms with E-state index in [4.69, 9.17) is 0 Å². The predicted molar refractivity (Wildman–Crippen MR) is 105 cm³/mol. The zero-order chi connectivity index (χ0) is 19.4. The highest BCUT2D eigenvalue weighted by Crippen LogP contribution is 2.31. The molecule has 1 unspecified atom stereocenters. The number of likely N-dealkylation sites (N-methyl/N-ethyl adjacent to an activating group) is 2. The second-order valence-electron chi connectivity index (χ2n) is 7.95. The maximum Gasteiger partial charge on any atom is 0.263 e. The van der Waals surface area contributed by atoms with Gasteiger partial charge in [0.05, 0.1) is 25.7 Å². The lowest BCUT2D eigenvalue weighted by atomic mass is 9.85. The summed E-state index contributed by atoms with van der Waals surface area (Å²) in [5, 5.41) is 11.5. The van der Waals surface area contributed by atoms with Crippen LogP contribution in [0.4, 0.5) is 0 Å². The number of hydrogen-bond donors (Lipinski definition) is 2. The predicted octanol–water partition coefficient (Wildman–Crippen LogP) is 1.69. The number of nitrogens with one attached hydrogen (secondary N) is 1. The summed E-state index contributed by atoms with van der Waals surface area (Å²) in [6, 6.07) is 18.3. The zero-order valence-corrected chi connectivity index (χ0v) is 16.5. The van der Waals surface area contributed by atoms with Gasteiger partial charge >= 0.3 is 0 Å². The number of quaternary nitrogens is 1. The molecular weight excluding hydrogens is 324 g/mol. The molecule has 0 heterocycles. The fraction of sp³-hybridized carbons (Fsp3) is 0.409. The van der Waals surface area contributed by atoms with Crippen molar-refractivity contribution in [1.82, 2.24) is 4.90 Å². The fourth-order valence-corrected chi connectivity index (χ4v) is 2.86. The first-order valence-corrected chi connectivity index (χ1v) is 9.09. The van der Waals surface area contributed by atoms with Crippen LogP contribution >= 0.6 is 0 Å². The summed E-state index contributed by atoms with van der Waals surface area (Å²) in [7, 11) is 3.88. The molecule has 2 aromatic rings. The zero-order valence-electron chi connectivity index (χ0n) is 16.5. The van der Waals surface area contributed by atoms with Gasteiger partial charge in [-0.05, 0) is 31.9 Å². The van der Waals surface area contributed by atoms with Gasteiger partial charge in [0.15, 0.2) is 5.60 Å². The smallest absolute Gasteiger partial charge is 0.263 e. The Hall–Kier alpha value is -2.17. The first kappa shape index (κ1) is 20.1. The SMILES string of the molecule is CN(CC[NH+](C)C(C)(C)C)C(=O)C(O)(c1ccccc1)c1ccccc1. The Morgan fingerprint density at radius 2 is 1.38 bits per heavy atom. The molecule has 0 bridgehead atoms. The van der Waals surface area contributed by atoms with E-state index in [1.165, 1.54) is 4.90 Å². The molecule has 0 saturated carbocycles. The highest BCUT2D eigenvalue weighted by molar-refractivity contribution is 5.90. The van der Waals surface area contributed by atoms with Crippen LogP contribution in [0, 0.1) is 0 Å². The van der Waals surface area contributed by atoms with Crippen LogP contribution in [-0.4, -0.2) is 48.6 Å². The summed E-state index contributed by atoms with van der Waals surface area (Å²) in [5.74, 6) is -0.309. The average molecular weight is 356 g/mol. The van der Waals surface area contributed by atoms with E-state index >= 15 is 0 Å². The highest BCUT2D eigenvalue weighted by atomic mass is 16.3. The summed E-state index contributed by atoms with van der Waals surface area (Å²) in [4.78, 5) is 16.3. The first-order chi connectivity index (χ1) is 12.2. The molecule has 140 valence electrons. The molecule has 2 N–H and O–H groups in total. The van der Waals surface area contributed by atoms with Crippen LogP contribution in [0.15, 0.2) is 60.7 Å². The van der Waals surface area contributed by atoms with Crippen molar-refractivity contribution in [3.05, 3.63) is 71.8 Å². The highest BCUT2D eigenvalue weighted by Gasteiger charge is 2.41. The number of carbonyl (C=O) groups excluding carboxylic acids is 1. The van der Waals surface area contributed by atoms with Crippen LogP contribution in [0.5, 0.6) is 0 Å². The van der Waals surface area contributed by atoms with E-state index < -0.39 is 5.60 Å². The van der Waals surface area contributed by atoms with Gasteiger partial charge in [-0.15, -0.1) is 0 Å². The Bertz CT molecular complexity index is 668. The second-order valence-corrected chi connectivity index (χ2v) is 7.95. The maximum atomic E-state index is 13.3. The van der Waals surface area contributed by atoms with E-state index in [2.05, 4.69) is 27.8 Å². The third-order valence-electron chi connectivity index (χ3n) is 5.14. The van der Waals surface area contributed by atoms with Crippen LogP contribution in [0.1, 0.15) is 31.9 Å². The summed E-state index contributed by atoms with van der Waals surface area (Å²) in [6.07, 6.45) is 0. The molecule has 26 heavy (non-hydrogen) atoms. The number of benzene rings is 2. The molecular formula is C22H31N2O2+. The molecule has 2 rings (SSSR count). The van der Waals surface area contributed by atoms with Crippen molar-refractivity contribution >= 4 is 5.91 Å². The molecule has 0 saturated heterocycles. The van der Waals surface area contributed by atoms with Crippen molar-refractivity contribution < 1.29 is 14.8 Å². The van der Waals surface area contributed by atoms with Crippen molar-refractivity contribution in [3.63, 3.8) is 0 Å². The van der Waals surface area contributed by atoms with Crippen molar-refractivity contribution in [2.75, 3.05) is 27.2 Å². The minimum atomic E-state index is -1.69. The summed E-state index contributed by atoms with van der Waals surface area (Å²) in [6.45, 7) is 7.91. The van der Waals surface area contributed by atoms with Gasteiger partial charge in [-0.25, -0.2) is 0 Å². The Labute approximate surface area is 157 Å². The molecule has 0 aromatic heterocycles. The lowest BCUT2D eigenvalue weighted by Crippen LogP contribution is -3.16. The van der Waals surface area contributed by atoms with Crippen LogP contribution in [0.2, 0.25) is 0 Å². The summed E-state index contributed by atoms with van der Waals surface area (Å²) in [5.41, 5.74) is -0.412. The third-order valence-corrected chi connectivity index (χ3v) is 5.14. The summed E-state index contributed by atoms with van der Waals surface area (Å²) < 4.78 is 0. The number of aliphatic hydroxyl groups is 1. The number of nitrogens with zero attached hydrogens (tertiary/aromatic N) is 1. The Kier molecular flexibility index (Phi) is 6.21. The molecule has 2 aromatic carbocycles. The van der Waals surface area contributed by atoms with Gasteiger partial charge in [0, 0.05) is 7.05 Å². The number of carbonyl (C=O) groups is 1. The van der Waals surface area contributed by atoms with Gasteiger partial charge in [0.25, 0.3) is 5.91 Å². The van der Waals surface area contributed by atoms with Gasteiger partial charge in [-0.1, -0.05) is 60.7 Å². The lowest BCUT2D eigenvalue weighted by Gasteiger charge is -2.34. The van der Waals surface area contributed by atoms with E-state index in [9.17, 15) is 9.90 Å². The van der Waals surface area contributed by atoms with Gasteiger partial charge in [0.1, 0.15) is 0 Å². The molecule has 0 aliphatic rings. The van der Waals surface area contributed by atoms with Crippen molar-refractivity contribution in [2.45, 2.75) is 31.9 Å². The van der Waals surface area contributed by atoms with Crippen molar-refractivity contribution in [3.8, 4) is 0 Å². The normalized spacial score (nSPS) is 13.3. The number of rotatable bonds is 6. The van der Waals surface area contributed by atoms with E-state index in [0.29, 0.717) is 17.7 Å². The molecule has 1 amide bonds. The number of amides is 1. The second kappa shape index (κ2) is 8.02. The molecule has 0 aliphatic carbocycles. The van der Waals surface area contributed by atoms with E-state index in [1.807, 2.05) is 36.4 Å². The summed E-state index contributed by atoms with van der Waals surface area (Å²) >= 11 is 0. The van der Waals surface area contributed by atoms with Crippen molar-refractivity contribution in [1.29, 1.82) is 0 Å². The Morgan fingerprint density at radius 1 is 0.962 bits per heavy atom. The molecule has 0 spiro atoms. The van der Waals surface area contributed by atoms with E-state index in [-0.39, 0.29) is 11.4 Å².